The lowest BCUT2D eigenvalue weighted by atomic mass is 10.4. The van der Waals surface area contributed by atoms with Crippen molar-refractivity contribution in [2.24, 2.45) is 0 Å². The zero-order chi connectivity index (χ0) is 14.0. The van der Waals surface area contributed by atoms with Crippen LogP contribution in [0.4, 0.5) is 0 Å². The first-order valence-corrected chi connectivity index (χ1v) is 10.1. The van der Waals surface area contributed by atoms with E-state index in [1.165, 1.54) is 0 Å². The summed E-state index contributed by atoms with van der Waals surface area (Å²) < 4.78 is 0. The van der Waals surface area contributed by atoms with Gasteiger partial charge in [0.05, 0.1) is 8.07 Å². The Hall–Kier alpha value is -0.573. The van der Waals surface area contributed by atoms with Gasteiger partial charge in [0.15, 0.2) is 0 Å². The summed E-state index contributed by atoms with van der Waals surface area (Å²) in [6.07, 6.45) is 6.93. The molecule has 0 aliphatic rings. The van der Waals surface area contributed by atoms with E-state index in [1.807, 2.05) is 0 Å². The molecule has 0 aromatic rings. The number of carbonyl (C=O) groups is 1. The second kappa shape index (κ2) is 9.37. The predicted molar refractivity (Wildman–Crippen MR) is 81.7 cm³/mol. The second-order valence-electron chi connectivity index (χ2n) is 5.37. The maximum Gasteiger partial charge on any atom is 0.326 e. The first-order chi connectivity index (χ1) is 8.54. The van der Waals surface area contributed by atoms with Gasteiger partial charge in [-0.25, -0.2) is 4.79 Å². The van der Waals surface area contributed by atoms with Crippen molar-refractivity contribution in [1.82, 2.24) is 0 Å². The van der Waals surface area contributed by atoms with Crippen molar-refractivity contribution in [2.45, 2.75) is 77.4 Å². The second-order valence-corrected chi connectivity index (χ2v) is 10.0. The third-order valence-electron chi connectivity index (χ3n) is 3.92. The lowest BCUT2D eigenvalue weighted by Crippen LogP contribution is -2.39. The Balaban J connectivity index is 4.96. The van der Waals surface area contributed by atoms with Crippen LogP contribution in [-0.2, 0) is 4.79 Å². The monoisotopic (exact) mass is 270 g/mol. The topological polar surface area (TPSA) is 37.3 Å². The molecule has 0 aliphatic carbocycles. The number of carboxylic acid groups (broad SMARTS) is 1. The predicted octanol–water partition coefficient (Wildman–Crippen LogP) is 5.02. The lowest BCUT2D eigenvalue weighted by molar-refractivity contribution is -0.132. The van der Waals surface area contributed by atoms with E-state index >= 15 is 0 Å². The van der Waals surface area contributed by atoms with Crippen LogP contribution in [0.15, 0.2) is 11.8 Å². The minimum absolute atomic E-state index is 0.581. The van der Waals surface area contributed by atoms with E-state index in [2.05, 4.69) is 27.4 Å². The molecular formula is C15H30O2Si. The molecule has 0 saturated heterocycles. The number of rotatable bonds is 11. The Morgan fingerprint density at radius 1 is 0.944 bits per heavy atom. The molecule has 106 valence electrons. The fourth-order valence-corrected chi connectivity index (χ4v) is 7.80. The quantitative estimate of drug-likeness (QED) is 0.423. The van der Waals surface area contributed by atoms with Crippen LogP contribution in [0, 0.1) is 0 Å². The van der Waals surface area contributed by atoms with Crippen molar-refractivity contribution in [3.63, 3.8) is 0 Å². The molecule has 0 rings (SSSR count). The first kappa shape index (κ1) is 17.4. The maximum atomic E-state index is 11.4. The Kier molecular flexibility index (Phi) is 9.07. The van der Waals surface area contributed by atoms with Gasteiger partial charge in [-0.3, -0.25) is 0 Å². The summed E-state index contributed by atoms with van der Waals surface area (Å²) in [5, 5.41) is 9.93. The molecule has 0 spiro atoms. The average Bonchev–Trinajstić information content (AvgIpc) is 2.37. The van der Waals surface area contributed by atoms with Crippen molar-refractivity contribution in [3.8, 4) is 0 Å². The average molecular weight is 270 g/mol. The van der Waals surface area contributed by atoms with Gasteiger partial charge in [-0.2, -0.15) is 0 Å². The van der Waals surface area contributed by atoms with E-state index in [0.29, 0.717) is 5.20 Å². The molecule has 18 heavy (non-hydrogen) atoms. The summed E-state index contributed by atoms with van der Waals surface area (Å²) >= 11 is 0. The molecular weight excluding hydrogens is 240 g/mol. The maximum absolute atomic E-state index is 11.4. The SMILES string of the molecule is C=C(C(=O)O)[Si](CCCC)(CCCC)CCCC. The van der Waals surface area contributed by atoms with E-state index in [4.69, 9.17) is 0 Å². The van der Waals surface area contributed by atoms with Crippen LogP contribution in [0.3, 0.4) is 0 Å². The number of aliphatic carboxylic acids is 1. The number of carboxylic acids is 1. The van der Waals surface area contributed by atoms with Crippen LogP contribution in [0.5, 0.6) is 0 Å². The highest BCUT2D eigenvalue weighted by atomic mass is 28.3. The van der Waals surface area contributed by atoms with E-state index in [-0.39, 0.29) is 0 Å². The highest BCUT2D eigenvalue weighted by Crippen LogP contribution is 2.34. The largest absolute Gasteiger partial charge is 0.478 e. The molecule has 1 N–H and O–H groups in total. The number of unbranched alkanes of at least 4 members (excludes halogenated alkanes) is 3. The van der Waals surface area contributed by atoms with Gasteiger partial charge in [-0.15, -0.1) is 0 Å². The summed E-state index contributed by atoms with van der Waals surface area (Å²) in [6, 6.07) is 3.36. The van der Waals surface area contributed by atoms with Crippen LogP contribution in [0.2, 0.25) is 18.1 Å². The van der Waals surface area contributed by atoms with Crippen molar-refractivity contribution in [1.29, 1.82) is 0 Å². The third-order valence-corrected chi connectivity index (χ3v) is 9.35. The van der Waals surface area contributed by atoms with Crippen LogP contribution in [0.25, 0.3) is 0 Å². The van der Waals surface area contributed by atoms with Crippen molar-refractivity contribution in [3.05, 3.63) is 11.8 Å². The molecule has 0 aromatic heterocycles. The summed E-state index contributed by atoms with van der Waals surface area (Å²) in [5.74, 6) is -0.745. The molecule has 3 heteroatoms. The minimum Gasteiger partial charge on any atom is -0.478 e. The molecule has 0 radical (unpaired) electrons. The molecule has 0 aliphatic heterocycles. The molecule has 0 saturated carbocycles. The highest BCUT2D eigenvalue weighted by Gasteiger charge is 2.37. The van der Waals surface area contributed by atoms with Gasteiger partial charge in [-0.05, 0) is 0 Å². The zero-order valence-electron chi connectivity index (χ0n) is 12.4. The molecule has 0 bridgehead atoms. The van der Waals surface area contributed by atoms with Gasteiger partial charge in [0, 0.05) is 5.20 Å². The summed E-state index contributed by atoms with van der Waals surface area (Å²) in [6.45, 7) is 10.5. The zero-order valence-corrected chi connectivity index (χ0v) is 13.4. The van der Waals surface area contributed by atoms with Crippen molar-refractivity contribution >= 4 is 14.0 Å². The molecule has 0 aromatic carbocycles. The third kappa shape index (κ3) is 5.38. The van der Waals surface area contributed by atoms with Gasteiger partial charge in [-0.1, -0.05) is 84.0 Å². The van der Waals surface area contributed by atoms with Crippen LogP contribution in [0.1, 0.15) is 59.3 Å². The van der Waals surface area contributed by atoms with E-state index in [1.54, 1.807) is 0 Å². The van der Waals surface area contributed by atoms with E-state index in [9.17, 15) is 9.90 Å². The Bertz CT molecular complexity index is 239. The smallest absolute Gasteiger partial charge is 0.326 e. The molecule has 0 amide bonds. The Morgan fingerprint density at radius 2 is 1.28 bits per heavy atom. The molecule has 2 nitrogen and oxygen atoms in total. The van der Waals surface area contributed by atoms with Gasteiger partial charge in [0.2, 0.25) is 0 Å². The Morgan fingerprint density at radius 3 is 1.50 bits per heavy atom. The lowest BCUT2D eigenvalue weighted by Gasteiger charge is -2.32. The highest BCUT2D eigenvalue weighted by molar-refractivity contribution is 6.90. The Labute approximate surface area is 113 Å². The van der Waals surface area contributed by atoms with Gasteiger partial charge < -0.3 is 5.11 Å². The molecule has 0 unspecified atom stereocenters. The van der Waals surface area contributed by atoms with Crippen molar-refractivity contribution < 1.29 is 9.90 Å². The van der Waals surface area contributed by atoms with Crippen LogP contribution < -0.4 is 0 Å². The minimum atomic E-state index is -1.82. The molecule has 0 atom stereocenters. The summed E-state index contributed by atoms with van der Waals surface area (Å²) in [4.78, 5) is 11.4. The van der Waals surface area contributed by atoms with Crippen LogP contribution >= 0.6 is 0 Å². The van der Waals surface area contributed by atoms with Gasteiger partial charge in [0.25, 0.3) is 0 Å². The van der Waals surface area contributed by atoms with Crippen LogP contribution in [-0.4, -0.2) is 19.1 Å². The van der Waals surface area contributed by atoms with Crippen molar-refractivity contribution in [2.75, 3.05) is 0 Å². The number of hydrogen-bond donors (Lipinski definition) is 1. The summed E-state index contributed by atoms with van der Waals surface area (Å²) in [5.41, 5.74) is 0. The first-order valence-electron chi connectivity index (χ1n) is 7.46. The van der Waals surface area contributed by atoms with E-state index in [0.717, 1.165) is 56.7 Å². The standard InChI is InChI=1S/C15H30O2Si/c1-5-8-11-18(12-9-6-2,13-10-7-3)14(4)15(16)17/h4-13H2,1-3H3,(H,16,17). The van der Waals surface area contributed by atoms with Gasteiger partial charge >= 0.3 is 5.97 Å². The summed E-state index contributed by atoms with van der Waals surface area (Å²) in [7, 11) is -1.82. The van der Waals surface area contributed by atoms with Gasteiger partial charge in [0.1, 0.15) is 0 Å². The fraction of sp³-hybridized carbons (Fsp3) is 0.800. The van der Waals surface area contributed by atoms with E-state index < -0.39 is 14.0 Å². The number of hydrogen-bond acceptors (Lipinski definition) is 1. The molecule has 0 heterocycles. The normalized spacial score (nSPS) is 11.5. The fourth-order valence-electron chi connectivity index (χ4n) is 2.60. The molecule has 0 fully saturated rings.